The van der Waals surface area contributed by atoms with E-state index in [4.69, 9.17) is 4.74 Å². The maximum Gasteiger partial charge on any atom is 0.268 e. The van der Waals surface area contributed by atoms with Gasteiger partial charge in [-0.3, -0.25) is 4.79 Å². The minimum absolute atomic E-state index is 0.0306. The lowest BCUT2D eigenvalue weighted by molar-refractivity contribution is -0.131. The first kappa shape index (κ1) is 9.70. The highest BCUT2D eigenvalue weighted by Crippen LogP contribution is 2.41. The van der Waals surface area contributed by atoms with Crippen LogP contribution in [-0.2, 0) is 4.79 Å². The Balaban J connectivity index is 2.01. The van der Waals surface area contributed by atoms with Crippen molar-refractivity contribution in [3.05, 3.63) is 23.8 Å². The molecule has 1 spiro atoms. The fraction of sp³-hybridized carbons (Fsp3) is 0.462. The van der Waals surface area contributed by atoms with Crippen LogP contribution in [0.4, 0.5) is 5.69 Å². The first-order valence-corrected chi connectivity index (χ1v) is 5.81. The number of anilines is 1. The third-order valence-electron chi connectivity index (χ3n) is 3.51. The van der Waals surface area contributed by atoms with E-state index >= 15 is 0 Å². The molecule has 1 amide bonds. The number of carbonyl (C=O) groups excluding carboxylic acids is 1. The smallest absolute Gasteiger partial charge is 0.268 e. The largest absolute Gasteiger partial charge is 0.475 e. The molecule has 2 aliphatic rings. The standard InChI is InChI=1S/C13H15NO2/c1-9-4-5-11-10(8-9)14-12(15)13(16-11)6-2-3-7-13/h4-5,8H,2-3,6-7H2,1H3,(H,14,15). The Morgan fingerprint density at radius 2 is 2.06 bits per heavy atom. The molecule has 16 heavy (non-hydrogen) atoms. The van der Waals surface area contributed by atoms with Crippen molar-refractivity contribution in [1.82, 2.24) is 0 Å². The van der Waals surface area contributed by atoms with E-state index in [2.05, 4.69) is 5.32 Å². The van der Waals surface area contributed by atoms with Crippen LogP contribution in [0.2, 0.25) is 0 Å². The molecular formula is C13H15NO2. The van der Waals surface area contributed by atoms with Gasteiger partial charge in [0.15, 0.2) is 5.60 Å². The van der Waals surface area contributed by atoms with Crippen molar-refractivity contribution in [3.63, 3.8) is 0 Å². The Kier molecular flexibility index (Phi) is 1.96. The fourth-order valence-electron chi connectivity index (χ4n) is 2.60. The first-order valence-electron chi connectivity index (χ1n) is 5.81. The number of amides is 1. The number of rotatable bonds is 0. The summed E-state index contributed by atoms with van der Waals surface area (Å²) in [6.07, 6.45) is 3.83. The van der Waals surface area contributed by atoms with Gasteiger partial charge < -0.3 is 10.1 Å². The lowest BCUT2D eigenvalue weighted by Gasteiger charge is -2.34. The minimum Gasteiger partial charge on any atom is -0.475 e. The summed E-state index contributed by atoms with van der Waals surface area (Å²) in [6, 6.07) is 5.91. The maximum atomic E-state index is 12.1. The molecule has 1 heterocycles. The summed E-state index contributed by atoms with van der Waals surface area (Å²) in [6.45, 7) is 2.01. The molecule has 3 rings (SSSR count). The molecule has 1 saturated carbocycles. The van der Waals surface area contributed by atoms with Gasteiger partial charge in [-0.1, -0.05) is 6.07 Å². The summed E-state index contributed by atoms with van der Waals surface area (Å²) in [5, 5.41) is 2.97. The van der Waals surface area contributed by atoms with E-state index in [1.165, 1.54) is 0 Å². The quantitative estimate of drug-likeness (QED) is 0.725. The molecular weight excluding hydrogens is 202 g/mol. The van der Waals surface area contributed by atoms with E-state index in [9.17, 15) is 4.79 Å². The van der Waals surface area contributed by atoms with Gasteiger partial charge >= 0.3 is 0 Å². The van der Waals surface area contributed by atoms with Crippen molar-refractivity contribution in [2.24, 2.45) is 0 Å². The number of hydrogen-bond acceptors (Lipinski definition) is 2. The monoisotopic (exact) mass is 217 g/mol. The molecule has 0 saturated heterocycles. The molecule has 0 unspecified atom stereocenters. The number of carbonyl (C=O) groups is 1. The number of nitrogens with one attached hydrogen (secondary N) is 1. The molecule has 84 valence electrons. The predicted octanol–water partition coefficient (Wildman–Crippen LogP) is 2.64. The van der Waals surface area contributed by atoms with Crippen molar-refractivity contribution < 1.29 is 9.53 Å². The number of hydrogen-bond donors (Lipinski definition) is 1. The van der Waals surface area contributed by atoms with Crippen LogP contribution in [0.5, 0.6) is 5.75 Å². The van der Waals surface area contributed by atoms with Crippen molar-refractivity contribution in [1.29, 1.82) is 0 Å². The zero-order valence-corrected chi connectivity index (χ0v) is 9.38. The summed E-state index contributed by atoms with van der Waals surface area (Å²) >= 11 is 0. The van der Waals surface area contributed by atoms with E-state index < -0.39 is 5.60 Å². The molecule has 1 aromatic rings. The van der Waals surface area contributed by atoms with Crippen LogP contribution < -0.4 is 10.1 Å². The number of benzene rings is 1. The van der Waals surface area contributed by atoms with Crippen LogP contribution in [0.1, 0.15) is 31.2 Å². The lowest BCUT2D eigenvalue weighted by Crippen LogP contribution is -2.48. The molecule has 0 aromatic heterocycles. The molecule has 0 radical (unpaired) electrons. The van der Waals surface area contributed by atoms with Gasteiger partial charge in [0.1, 0.15) is 5.75 Å². The second-order valence-electron chi connectivity index (χ2n) is 4.76. The summed E-state index contributed by atoms with van der Waals surface area (Å²) < 4.78 is 5.94. The predicted molar refractivity (Wildman–Crippen MR) is 61.6 cm³/mol. The Labute approximate surface area is 94.8 Å². The van der Waals surface area contributed by atoms with Crippen LogP contribution in [-0.4, -0.2) is 11.5 Å². The zero-order valence-electron chi connectivity index (χ0n) is 9.38. The second-order valence-corrected chi connectivity index (χ2v) is 4.76. The van der Waals surface area contributed by atoms with Crippen molar-refractivity contribution >= 4 is 11.6 Å². The third-order valence-corrected chi connectivity index (χ3v) is 3.51. The summed E-state index contributed by atoms with van der Waals surface area (Å²) in [7, 11) is 0. The van der Waals surface area contributed by atoms with E-state index in [0.29, 0.717) is 0 Å². The van der Waals surface area contributed by atoms with Gasteiger partial charge in [0.05, 0.1) is 5.69 Å². The van der Waals surface area contributed by atoms with Crippen LogP contribution >= 0.6 is 0 Å². The zero-order chi connectivity index (χ0) is 11.2. The van der Waals surface area contributed by atoms with Gasteiger partial charge in [0, 0.05) is 0 Å². The van der Waals surface area contributed by atoms with Gasteiger partial charge in [0.2, 0.25) is 0 Å². The van der Waals surface area contributed by atoms with Crippen molar-refractivity contribution in [3.8, 4) is 5.75 Å². The number of ether oxygens (including phenoxy) is 1. The van der Waals surface area contributed by atoms with E-state index in [-0.39, 0.29) is 5.91 Å². The van der Waals surface area contributed by atoms with Gasteiger partial charge in [-0.2, -0.15) is 0 Å². The Bertz CT molecular complexity index is 447. The van der Waals surface area contributed by atoms with Crippen LogP contribution in [0.25, 0.3) is 0 Å². The van der Waals surface area contributed by atoms with Crippen LogP contribution in [0, 0.1) is 6.92 Å². The maximum absolute atomic E-state index is 12.1. The van der Waals surface area contributed by atoms with Crippen LogP contribution in [0.15, 0.2) is 18.2 Å². The van der Waals surface area contributed by atoms with E-state index in [1.54, 1.807) is 0 Å². The lowest BCUT2D eigenvalue weighted by atomic mass is 9.98. The highest BCUT2D eigenvalue weighted by molar-refractivity contribution is 6.01. The normalized spacial score (nSPS) is 21.4. The molecule has 0 bridgehead atoms. The Morgan fingerprint density at radius 1 is 1.31 bits per heavy atom. The molecule has 1 aliphatic heterocycles. The van der Waals surface area contributed by atoms with Gasteiger partial charge in [-0.05, 0) is 50.3 Å². The van der Waals surface area contributed by atoms with E-state index in [0.717, 1.165) is 42.7 Å². The summed E-state index contributed by atoms with van der Waals surface area (Å²) in [5.74, 6) is 0.843. The van der Waals surface area contributed by atoms with Crippen LogP contribution in [0.3, 0.4) is 0 Å². The molecule has 1 aliphatic carbocycles. The average Bonchev–Trinajstić information content (AvgIpc) is 2.70. The molecule has 0 atom stereocenters. The highest BCUT2D eigenvalue weighted by atomic mass is 16.5. The molecule has 1 aromatic carbocycles. The highest BCUT2D eigenvalue weighted by Gasteiger charge is 2.46. The average molecular weight is 217 g/mol. The molecule has 1 fully saturated rings. The molecule has 1 N–H and O–H groups in total. The van der Waals surface area contributed by atoms with Crippen molar-refractivity contribution in [2.75, 3.05) is 5.32 Å². The number of aryl methyl sites for hydroxylation is 1. The van der Waals surface area contributed by atoms with E-state index in [1.807, 2.05) is 25.1 Å². The van der Waals surface area contributed by atoms with Gasteiger partial charge in [-0.15, -0.1) is 0 Å². The molecule has 3 nitrogen and oxygen atoms in total. The summed E-state index contributed by atoms with van der Waals surface area (Å²) in [5.41, 5.74) is 1.36. The first-order chi connectivity index (χ1) is 7.70. The molecule has 3 heteroatoms. The van der Waals surface area contributed by atoms with Gasteiger partial charge in [-0.25, -0.2) is 0 Å². The SMILES string of the molecule is Cc1ccc2c(c1)NC(=O)C1(CCCC1)O2. The number of fused-ring (bicyclic) bond motifs is 1. The minimum atomic E-state index is -0.581. The Hall–Kier alpha value is -1.51. The van der Waals surface area contributed by atoms with Crippen molar-refractivity contribution in [2.45, 2.75) is 38.2 Å². The second kappa shape index (κ2) is 3.24. The Morgan fingerprint density at radius 3 is 2.81 bits per heavy atom. The third kappa shape index (κ3) is 1.31. The summed E-state index contributed by atoms with van der Waals surface area (Å²) in [4.78, 5) is 12.1. The fourth-order valence-corrected chi connectivity index (χ4v) is 2.60. The van der Waals surface area contributed by atoms with Gasteiger partial charge in [0.25, 0.3) is 5.91 Å². The topological polar surface area (TPSA) is 38.3 Å².